The topological polar surface area (TPSA) is 144 Å². The summed E-state index contributed by atoms with van der Waals surface area (Å²) < 4.78 is 9.72. The van der Waals surface area contributed by atoms with Gasteiger partial charge in [-0.25, -0.2) is 0 Å². The highest BCUT2D eigenvalue weighted by atomic mass is 32.1. The molecule has 3 amide bonds. The summed E-state index contributed by atoms with van der Waals surface area (Å²) in [7, 11) is 3.85. The van der Waals surface area contributed by atoms with E-state index in [2.05, 4.69) is 23.5 Å². The van der Waals surface area contributed by atoms with Crippen LogP contribution < -0.4 is 26.6 Å². The molecule has 0 saturated carbocycles. The van der Waals surface area contributed by atoms with Crippen molar-refractivity contribution in [2.24, 2.45) is 5.73 Å². The Hall–Kier alpha value is -3.96. The van der Waals surface area contributed by atoms with Gasteiger partial charge >= 0.3 is 0 Å². The van der Waals surface area contributed by atoms with Crippen LogP contribution in [-0.4, -0.2) is 55.4 Å². The minimum Gasteiger partial charge on any atom is -0.395 e. The number of rotatable bonds is 10. The maximum Gasteiger partial charge on any atom is 0.273 e. The maximum absolute atomic E-state index is 14.2. The molecule has 0 bridgehead atoms. The van der Waals surface area contributed by atoms with Crippen molar-refractivity contribution in [3.63, 3.8) is 0 Å². The minimum atomic E-state index is -1.05. The van der Waals surface area contributed by atoms with E-state index in [-0.39, 0.29) is 34.2 Å². The largest absolute Gasteiger partial charge is 0.395 e. The second kappa shape index (κ2) is 12.5. The van der Waals surface area contributed by atoms with Crippen LogP contribution in [0, 0.1) is 0 Å². The molecule has 212 valence electrons. The van der Waals surface area contributed by atoms with E-state index in [0.29, 0.717) is 24.4 Å². The molecule has 1 aliphatic heterocycles. The zero-order valence-corrected chi connectivity index (χ0v) is 24.0. The molecule has 1 saturated heterocycles. The van der Waals surface area contributed by atoms with E-state index in [1.807, 2.05) is 67.5 Å². The number of hydrogen-bond donors (Lipinski definition) is 3. The molecule has 5 N–H and O–H groups in total. The van der Waals surface area contributed by atoms with Crippen molar-refractivity contribution in [3.05, 3.63) is 70.2 Å². The van der Waals surface area contributed by atoms with Gasteiger partial charge in [0.15, 0.2) is 5.69 Å². The number of carbonyl (C=O) groups is 3. The summed E-state index contributed by atoms with van der Waals surface area (Å²) in [5.74, 6) is -1.48. The summed E-state index contributed by atoms with van der Waals surface area (Å²) in [5.41, 5.74) is 14.4. The van der Waals surface area contributed by atoms with Crippen LogP contribution in [0.4, 0.5) is 17.1 Å². The van der Waals surface area contributed by atoms with Gasteiger partial charge in [-0.1, -0.05) is 38.1 Å². The third kappa shape index (κ3) is 6.26. The first kappa shape index (κ1) is 29.0. The van der Waals surface area contributed by atoms with Crippen LogP contribution in [0.1, 0.15) is 69.9 Å². The maximum atomic E-state index is 14.2. The third-order valence-electron chi connectivity index (χ3n) is 6.97. The Morgan fingerprint density at radius 3 is 2.20 bits per heavy atom. The van der Waals surface area contributed by atoms with Crippen LogP contribution in [0.5, 0.6) is 0 Å². The Balaban J connectivity index is 1.82. The van der Waals surface area contributed by atoms with Crippen LogP contribution in [0.15, 0.2) is 48.5 Å². The van der Waals surface area contributed by atoms with Gasteiger partial charge in [-0.3, -0.25) is 19.3 Å². The molecule has 1 aromatic heterocycles. The van der Waals surface area contributed by atoms with Crippen molar-refractivity contribution in [2.45, 2.75) is 44.8 Å². The van der Waals surface area contributed by atoms with Gasteiger partial charge in [0.2, 0.25) is 5.91 Å². The quantitative estimate of drug-likeness (QED) is 0.341. The molecule has 40 heavy (non-hydrogen) atoms. The lowest BCUT2D eigenvalue weighted by atomic mass is 9.99. The lowest BCUT2D eigenvalue weighted by Crippen LogP contribution is -2.45. The van der Waals surface area contributed by atoms with E-state index < -0.39 is 17.9 Å². The van der Waals surface area contributed by atoms with Gasteiger partial charge in [-0.05, 0) is 65.7 Å². The number of hydrogen-bond acceptors (Lipinski definition) is 8. The lowest BCUT2D eigenvalue weighted by molar-refractivity contribution is -0.123. The average Bonchev–Trinajstić information content (AvgIpc) is 3.60. The number of nitrogen functional groups attached to an aromatic ring is 1. The number of nitrogens with one attached hydrogen (secondary N) is 1. The SMILES string of the molecule is CC(C)c1ccc(N(C(=O)c2snc(C(N)=O)c2N)[C@@H](C(=O)NC[C@@H]2CCCO2)c2ccc(N(C)C)cc2)cc1. The predicted octanol–water partition coefficient (Wildman–Crippen LogP) is 3.70. The fourth-order valence-corrected chi connectivity index (χ4v) is 5.37. The number of nitrogens with zero attached hydrogens (tertiary/aromatic N) is 3. The second-order valence-corrected chi connectivity index (χ2v) is 11.1. The highest BCUT2D eigenvalue weighted by Crippen LogP contribution is 2.34. The normalized spacial score (nSPS) is 15.6. The zero-order valence-electron chi connectivity index (χ0n) is 23.2. The number of primary amides is 1. The molecule has 0 aliphatic carbocycles. The number of nitrogens with two attached hydrogens (primary N) is 2. The summed E-state index contributed by atoms with van der Waals surface area (Å²) >= 11 is 0.783. The first-order valence-corrected chi connectivity index (χ1v) is 14.0. The van der Waals surface area contributed by atoms with Crippen molar-refractivity contribution in [1.82, 2.24) is 9.69 Å². The Labute approximate surface area is 238 Å². The number of benzene rings is 2. The smallest absolute Gasteiger partial charge is 0.273 e. The monoisotopic (exact) mass is 564 g/mol. The van der Waals surface area contributed by atoms with Crippen LogP contribution in [0.25, 0.3) is 0 Å². The Bertz CT molecular complexity index is 1350. The van der Waals surface area contributed by atoms with Crippen LogP contribution in [0.3, 0.4) is 0 Å². The number of aromatic nitrogens is 1. The average molecular weight is 565 g/mol. The first-order valence-electron chi connectivity index (χ1n) is 13.2. The summed E-state index contributed by atoms with van der Waals surface area (Å²) in [6.07, 6.45) is 1.72. The standard InChI is InChI=1S/C29H36N6O4S/c1-17(2)18-7-13-21(14-8-18)35(29(38)26-23(30)24(27(31)36)33-40-26)25(19-9-11-20(12-10-19)34(3)4)28(37)32-16-22-6-5-15-39-22/h7-14,17,22,25H,5-6,15-16,30H2,1-4H3,(H2,31,36)(H,32,37)/t22-,25+/m0/s1. The van der Waals surface area contributed by atoms with Gasteiger partial charge in [0.05, 0.1) is 11.8 Å². The molecule has 4 rings (SSSR count). The van der Waals surface area contributed by atoms with E-state index in [4.69, 9.17) is 16.2 Å². The number of anilines is 3. The van der Waals surface area contributed by atoms with Crippen molar-refractivity contribution >= 4 is 46.3 Å². The molecular weight excluding hydrogens is 528 g/mol. The van der Waals surface area contributed by atoms with Gasteiger partial charge < -0.3 is 26.4 Å². The van der Waals surface area contributed by atoms with Gasteiger partial charge in [-0.2, -0.15) is 4.37 Å². The third-order valence-corrected chi connectivity index (χ3v) is 7.82. The molecular formula is C29H36N6O4S. The summed E-state index contributed by atoms with van der Waals surface area (Å²) in [4.78, 5) is 43.4. The molecule has 11 heteroatoms. The Morgan fingerprint density at radius 1 is 1.05 bits per heavy atom. The molecule has 10 nitrogen and oxygen atoms in total. The molecule has 2 aromatic carbocycles. The minimum absolute atomic E-state index is 0.0311. The molecule has 1 fully saturated rings. The van der Waals surface area contributed by atoms with E-state index in [1.165, 1.54) is 4.90 Å². The molecule has 1 aliphatic rings. The molecule has 3 aromatic rings. The van der Waals surface area contributed by atoms with Crippen molar-refractivity contribution in [3.8, 4) is 0 Å². The van der Waals surface area contributed by atoms with E-state index in [9.17, 15) is 14.4 Å². The van der Waals surface area contributed by atoms with Crippen LogP contribution in [-0.2, 0) is 9.53 Å². The number of amides is 3. The molecule has 2 atom stereocenters. The number of ether oxygens (including phenoxy) is 1. The van der Waals surface area contributed by atoms with Crippen molar-refractivity contribution in [1.29, 1.82) is 0 Å². The Kier molecular flexibility index (Phi) is 9.06. The molecule has 0 spiro atoms. The Morgan fingerprint density at radius 2 is 1.68 bits per heavy atom. The zero-order chi connectivity index (χ0) is 29.0. The van der Waals surface area contributed by atoms with E-state index in [1.54, 1.807) is 0 Å². The summed E-state index contributed by atoms with van der Waals surface area (Å²) in [5, 5.41) is 3.00. The van der Waals surface area contributed by atoms with E-state index >= 15 is 0 Å². The van der Waals surface area contributed by atoms with Gasteiger partial charge in [0.25, 0.3) is 11.8 Å². The summed E-state index contributed by atoms with van der Waals surface area (Å²) in [6, 6.07) is 13.9. The van der Waals surface area contributed by atoms with Crippen molar-refractivity contribution in [2.75, 3.05) is 42.8 Å². The van der Waals surface area contributed by atoms with E-state index in [0.717, 1.165) is 35.6 Å². The van der Waals surface area contributed by atoms with Gasteiger partial charge in [0, 0.05) is 38.6 Å². The van der Waals surface area contributed by atoms with Crippen LogP contribution >= 0.6 is 11.5 Å². The fourth-order valence-electron chi connectivity index (χ4n) is 4.63. The second-order valence-electron chi connectivity index (χ2n) is 10.3. The predicted molar refractivity (Wildman–Crippen MR) is 158 cm³/mol. The summed E-state index contributed by atoms with van der Waals surface area (Å²) in [6.45, 7) is 5.15. The number of carbonyl (C=O) groups excluding carboxylic acids is 3. The van der Waals surface area contributed by atoms with Crippen LogP contribution in [0.2, 0.25) is 0 Å². The first-order chi connectivity index (χ1) is 19.1. The highest BCUT2D eigenvalue weighted by molar-refractivity contribution is 7.09. The van der Waals surface area contributed by atoms with Gasteiger partial charge in [0.1, 0.15) is 10.9 Å². The molecule has 0 radical (unpaired) electrons. The highest BCUT2D eigenvalue weighted by Gasteiger charge is 2.36. The molecule has 2 heterocycles. The molecule has 0 unspecified atom stereocenters. The van der Waals surface area contributed by atoms with Gasteiger partial charge in [-0.15, -0.1) is 0 Å². The lowest BCUT2D eigenvalue weighted by Gasteiger charge is -2.32. The van der Waals surface area contributed by atoms with Crippen molar-refractivity contribution < 1.29 is 19.1 Å². The fraction of sp³-hybridized carbons (Fsp3) is 0.379.